The zero-order valence-corrected chi connectivity index (χ0v) is 9.37. The first-order chi connectivity index (χ1) is 6.46. The lowest BCUT2D eigenvalue weighted by molar-refractivity contribution is 0.0652. The van der Waals surface area contributed by atoms with Gasteiger partial charge in [-0.1, -0.05) is 45.0 Å². The molecule has 0 aromatic heterocycles. The number of benzene rings is 1. The quantitative estimate of drug-likeness (QED) is 0.733. The van der Waals surface area contributed by atoms with Crippen LogP contribution in [0.25, 0.3) is 0 Å². The van der Waals surface area contributed by atoms with Gasteiger partial charge in [-0.2, -0.15) is 0 Å². The Labute approximate surface area is 86.0 Å². The summed E-state index contributed by atoms with van der Waals surface area (Å²) in [6.45, 7) is 8.53. The number of rotatable bonds is 2. The van der Waals surface area contributed by atoms with E-state index < -0.39 is 0 Å². The van der Waals surface area contributed by atoms with Crippen LogP contribution < -0.4 is 5.90 Å². The fraction of sp³-hybridized carbons (Fsp3) is 0.500. The van der Waals surface area contributed by atoms with Gasteiger partial charge in [0.25, 0.3) is 0 Å². The molecule has 1 unspecified atom stereocenters. The van der Waals surface area contributed by atoms with Crippen LogP contribution in [-0.4, -0.2) is 0 Å². The molecule has 0 saturated heterocycles. The van der Waals surface area contributed by atoms with Crippen LogP contribution in [0.2, 0.25) is 0 Å². The first-order valence-corrected chi connectivity index (χ1v) is 4.91. The molecule has 0 amide bonds. The molecule has 0 aliphatic rings. The van der Waals surface area contributed by atoms with Gasteiger partial charge in [-0.25, -0.2) is 5.90 Å². The van der Waals surface area contributed by atoms with Crippen molar-refractivity contribution in [3.05, 3.63) is 35.4 Å². The third kappa shape index (κ3) is 2.34. The average Bonchev–Trinajstić information content (AvgIpc) is 2.15. The van der Waals surface area contributed by atoms with Crippen molar-refractivity contribution in [2.24, 2.45) is 5.90 Å². The highest BCUT2D eigenvalue weighted by molar-refractivity contribution is 5.34. The van der Waals surface area contributed by atoms with Crippen LogP contribution in [0.3, 0.4) is 0 Å². The lowest BCUT2D eigenvalue weighted by atomic mass is 9.82. The average molecular weight is 193 g/mol. The molecular formula is C12H19NO. The first kappa shape index (κ1) is 11.2. The number of hydrogen-bond acceptors (Lipinski definition) is 2. The highest BCUT2D eigenvalue weighted by Crippen LogP contribution is 2.30. The van der Waals surface area contributed by atoms with E-state index in [1.54, 1.807) is 0 Å². The Kier molecular flexibility index (Phi) is 3.29. The molecule has 0 spiro atoms. The van der Waals surface area contributed by atoms with Crippen molar-refractivity contribution in [1.82, 2.24) is 0 Å². The molecule has 2 heteroatoms. The van der Waals surface area contributed by atoms with Crippen LogP contribution in [0.15, 0.2) is 24.3 Å². The molecule has 1 aromatic rings. The van der Waals surface area contributed by atoms with Gasteiger partial charge in [0.1, 0.15) is 6.10 Å². The predicted molar refractivity (Wildman–Crippen MR) is 58.8 cm³/mol. The van der Waals surface area contributed by atoms with Gasteiger partial charge in [0, 0.05) is 0 Å². The number of nitrogens with two attached hydrogens (primary N) is 1. The normalized spacial score (nSPS) is 14.1. The maximum absolute atomic E-state index is 5.22. The summed E-state index contributed by atoms with van der Waals surface area (Å²) >= 11 is 0. The first-order valence-electron chi connectivity index (χ1n) is 4.91. The summed E-state index contributed by atoms with van der Waals surface area (Å²) in [6, 6.07) is 8.26. The molecule has 0 saturated carbocycles. The van der Waals surface area contributed by atoms with Crippen LogP contribution in [0, 0.1) is 0 Å². The fourth-order valence-corrected chi connectivity index (χ4v) is 1.61. The maximum atomic E-state index is 5.22. The summed E-state index contributed by atoms with van der Waals surface area (Å²) in [6.07, 6.45) is -0.0505. The Morgan fingerprint density at radius 1 is 1.21 bits per heavy atom. The van der Waals surface area contributed by atoms with Gasteiger partial charge in [-0.15, -0.1) is 0 Å². The van der Waals surface area contributed by atoms with E-state index >= 15 is 0 Å². The maximum Gasteiger partial charge on any atom is 0.101 e. The molecule has 0 aliphatic carbocycles. The van der Waals surface area contributed by atoms with E-state index in [9.17, 15) is 0 Å². The van der Waals surface area contributed by atoms with E-state index in [2.05, 4.69) is 32.9 Å². The third-order valence-electron chi connectivity index (χ3n) is 2.41. The Morgan fingerprint density at radius 3 is 2.29 bits per heavy atom. The van der Waals surface area contributed by atoms with Crippen LogP contribution in [-0.2, 0) is 10.3 Å². The van der Waals surface area contributed by atoms with Gasteiger partial charge >= 0.3 is 0 Å². The van der Waals surface area contributed by atoms with E-state index in [0.29, 0.717) is 0 Å². The molecular weight excluding hydrogens is 174 g/mol. The summed E-state index contributed by atoms with van der Waals surface area (Å²) in [7, 11) is 0. The molecule has 0 heterocycles. The van der Waals surface area contributed by atoms with E-state index in [1.807, 2.05) is 19.1 Å². The SMILES string of the molecule is CC(ON)c1ccccc1C(C)(C)C. The molecule has 0 fully saturated rings. The Bertz CT molecular complexity index is 301. The summed E-state index contributed by atoms with van der Waals surface area (Å²) in [5.74, 6) is 5.22. The monoisotopic (exact) mass is 193 g/mol. The third-order valence-corrected chi connectivity index (χ3v) is 2.41. The molecule has 0 bridgehead atoms. The summed E-state index contributed by atoms with van der Waals surface area (Å²) in [4.78, 5) is 4.87. The molecule has 0 aliphatic heterocycles. The zero-order chi connectivity index (χ0) is 10.8. The molecule has 2 nitrogen and oxygen atoms in total. The van der Waals surface area contributed by atoms with E-state index in [1.165, 1.54) is 11.1 Å². The molecule has 14 heavy (non-hydrogen) atoms. The van der Waals surface area contributed by atoms with Crippen molar-refractivity contribution in [2.45, 2.75) is 39.2 Å². The second-order valence-electron chi connectivity index (χ2n) is 4.62. The summed E-state index contributed by atoms with van der Waals surface area (Å²) < 4.78 is 0. The zero-order valence-electron chi connectivity index (χ0n) is 9.37. The van der Waals surface area contributed by atoms with Crippen molar-refractivity contribution in [3.63, 3.8) is 0 Å². The van der Waals surface area contributed by atoms with Gasteiger partial charge < -0.3 is 0 Å². The lowest BCUT2D eigenvalue weighted by Gasteiger charge is -2.24. The van der Waals surface area contributed by atoms with E-state index in [0.717, 1.165) is 0 Å². The standard InChI is InChI=1S/C12H19NO/c1-9(14-13)10-7-5-6-8-11(10)12(2,3)4/h5-9H,13H2,1-4H3. The van der Waals surface area contributed by atoms with Gasteiger partial charge in [0.15, 0.2) is 0 Å². The minimum Gasteiger partial charge on any atom is -0.297 e. The Morgan fingerprint density at radius 2 is 1.79 bits per heavy atom. The molecule has 1 atom stereocenters. The summed E-state index contributed by atoms with van der Waals surface area (Å²) in [5, 5.41) is 0. The van der Waals surface area contributed by atoms with Crippen molar-refractivity contribution < 1.29 is 4.84 Å². The van der Waals surface area contributed by atoms with Crippen molar-refractivity contribution >= 4 is 0 Å². The predicted octanol–water partition coefficient (Wildman–Crippen LogP) is 2.94. The van der Waals surface area contributed by atoms with Crippen LogP contribution in [0.4, 0.5) is 0 Å². The molecule has 0 radical (unpaired) electrons. The summed E-state index contributed by atoms with van der Waals surface area (Å²) in [5.41, 5.74) is 2.59. The van der Waals surface area contributed by atoms with Gasteiger partial charge in [0.2, 0.25) is 0 Å². The minimum atomic E-state index is -0.0505. The molecule has 78 valence electrons. The smallest absolute Gasteiger partial charge is 0.101 e. The van der Waals surface area contributed by atoms with Crippen molar-refractivity contribution in [1.29, 1.82) is 0 Å². The van der Waals surface area contributed by atoms with Crippen molar-refractivity contribution in [3.8, 4) is 0 Å². The Balaban J connectivity index is 3.16. The Hall–Kier alpha value is -0.860. The topological polar surface area (TPSA) is 35.2 Å². The van der Waals surface area contributed by atoms with E-state index in [-0.39, 0.29) is 11.5 Å². The second-order valence-corrected chi connectivity index (χ2v) is 4.62. The minimum absolute atomic E-state index is 0.0505. The largest absolute Gasteiger partial charge is 0.297 e. The van der Waals surface area contributed by atoms with Gasteiger partial charge in [-0.3, -0.25) is 4.84 Å². The lowest BCUT2D eigenvalue weighted by Crippen LogP contribution is -2.17. The van der Waals surface area contributed by atoms with Gasteiger partial charge in [-0.05, 0) is 23.5 Å². The highest BCUT2D eigenvalue weighted by atomic mass is 16.6. The van der Waals surface area contributed by atoms with Crippen LogP contribution >= 0.6 is 0 Å². The second kappa shape index (κ2) is 4.11. The van der Waals surface area contributed by atoms with Gasteiger partial charge in [0.05, 0.1) is 0 Å². The molecule has 1 rings (SSSR count). The van der Waals surface area contributed by atoms with Crippen LogP contribution in [0.1, 0.15) is 44.9 Å². The fourth-order valence-electron chi connectivity index (χ4n) is 1.61. The number of hydrogen-bond donors (Lipinski definition) is 1. The van der Waals surface area contributed by atoms with Crippen LogP contribution in [0.5, 0.6) is 0 Å². The molecule has 2 N–H and O–H groups in total. The van der Waals surface area contributed by atoms with Crippen molar-refractivity contribution in [2.75, 3.05) is 0 Å². The van der Waals surface area contributed by atoms with E-state index in [4.69, 9.17) is 10.7 Å². The molecule has 1 aromatic carbocycles. The highest BCUT2D eigenvalue weighted by Gasteiger charge is 2.20.